The van der Waals surface area contributed by atoms with E-state index in [2.05, 4.69) is 12.2 Å². The molecule has 0 saturated heterocycles. The van der Waals surface area contributed by atoms with Crippen molar-refractivity contribution in [2.75, 3.05) is 11.9 Å². The molecule has 1 heterocycles. The van der Waals surface area contributed by atoms with E-state index in [9.17, 15) is 9.90 Å². The Kier molecular flexibility index (Phi) is 2.88. The van der Waals surface area contributed by atoms with Crippen LogP contribution in [0.5, 0.6) is 0 Å². The third-order valence-electron chi connectivity index (χ3n) is 4.80. The summed E-state index contributed by atoms with van der Waals surface area (Å²) in [6.45, 7) is 2.05. The van der Waals surface area contributed by atoms with Crippen molar-refractivity contribution >= 4 is 23.2 Å². The van der Waals surface area contributed by atoms with Gasteiger partial charge in [0.15, 0.2) is 0 Å². The van der Waals surface area contributed by atoms with Gasteiger partial charge in [0.25, 0.3) is 0 Å². The smallest absolute Gasteiger partial charge is 0.233 e. The van der Waals surface area contributed by atoms with Crippen LogP contribution in [-0.4, -0.2) is 17.6 Å². The fraction of sp³-hybridized carbons (Fsp3) is 0.533. The van der Waals surface area contributed by atoms with Gasteiger partial charge >= 0.3 is 0 Å². The van der Waals surface area contributed by atoms with Gasteiger partial charge in [0.05, 0.1) is 12.0 Å². The van der Waals surface area contributed by atoms with Crippen molar-refractivity contribution in [3.05, 3.63) is 28.8 Å². The predicted octanol–water partition coefficient (Wildman–Crippen LogP) is 3.10. The highest BCUT2D eigenvalue weighted by molar-refractivity contribution is 6.30. The lowest BCUT2D eigenvalue weighted by molar-refractivity contribution is -0.123. The van der Waals surface area contributed by atoms with Gasteiger partial charge in [-0.05, 0) is 36.6 Å². The third kappa shape index (κ3) is 1.58. The van der Waals surface area contributed by atoms with Crippen molar-refractivity contribution in [1.82, 2.24) is 0 Å². The monoisotopic (exact) mass is 279 g/mol. The van der Waals surface area contributed by atoms with Gasteiger partial charge in [0.2, 0.25) is 5.91 Å². The fourth-order valence-corrected chi connectivity index (χ4v) is 3.78. The molecule has 0 spiro atoms. The fourth-order valence-electron chi connectivity index (χ4n) is 3.60. The van der Waals surface area contributed by atoms with E-state index >= 15 is 0 Å². The van der Waals surface area contributed by atoms with Gasteiger partial charge < -0.3 is 10.4 Å². The Hall–Kier alpha value is -1.06. The molecular formula is C15H18ClNO2. The number of amides is 1. The molecule has 1 fully saturated rings. The highest BCUT2D eigenvalue weighted by atomic mass is 35.5. The van der Waals surface area contributed by atoms with Crippen molar-refractivity contribution in [2.24, 2.45) is 5.41 Å². The number of aliphatic hydroxyl groups excluding tert-OH is 1. The number of carbonyl (C=O) groups excluding carboxylic acids is 1. The van der Waals surface area contributed by atoms with E-state index in [4.69, 9.17) is 11.6 Å². The van der Waals surface area contributed by atoms with Crippen LogP contribution in [0.1, 0.15) is 38.2 Å². The van der Waals surface area contributed by atoms with Crippen LogP contribution < -0.4 is 5.32 Å². The van der Waals surface area contributed by atoms with Gasteiger partial charge in [-0.15, -0.1) is 0 Å². The molecule has 102 valence electrons. The number of nitrogens with one attached hydrogen (secondary N) is 1. The van der Waals surface area contributed by atoms with E-state index in [1.54, 1.807) is 6.07 Å². The first-order valence-corrected chi connectivity index (χ1v) is 7.20. The maximum absolute atomic E-state index is 12.3. The van der Waals surface area contributed by atoms with E-state index in [1.807, 2.05) is 12.1 Å². The molecule has 1 aliphatic carbocycles. The molecule has 3 nitrogen and oxygen atoms in total. The predicted molar refractivity (Wildman–Crippen MR) is 75.4 cm³/mol. The molecule has 1 amide bonds. The Labute approximate surface area is 118 Å². The molecule has 1 saturated carbocycles. The molecule has 0 bridgehead atoms. The standard InChI is InChI=1S/C15H18ClNO2/c1-2-3-6-14-8-15(14,9-18)13(19)17-12-5-4-10(16)7-11(12)14/h4-5,7,18H,2-3,6,8-9H2,1H3,(H,17,19). The van der Waals surface area contributed by atoms with E-state index < -0.39 is 5.41 Å². The van der Waals surface area contributed by atoms with Crippen LogP contribution in [0.4, 0.5) is 5.69 Å². The second-order valence-electron chi connectivity index (χ2n) is 5.75. The molecule has 3 rings (SSSR count). The molecule has 2 N–H and O–H groups in total. The maximum Gasteiger partial charge on any atom is 0.233 e. The summed E-state index contributed by atoms with van der Waals surface area (Å²) >= 11 is 6.11. The molecule has 4 heteroatoms. The average molecular weight is 280 g/mol. The normalized spacial score (nSPS) is 31.4. The summed E-state index contributed by atoms with van der Waals surface area (Å²) in [5.41, 5.74) is 1.12. The minimum atomic E-state index is -0.625. The largest absolute Gasteiger partial charge is 0.395 e. The first-order valence-electron chi connectivity index (χ1n) is 6.82. The number of anilines is 1. The molecule has 1 aromatic rings. The number of benzene rings is 1. The zero-order chi connectivity index (χ0) is 13.7. The number of carbonyl (C=O) groups is 1. The van der Waals surface area contributed by atoms with Crippen LogP contribution >= 0.6 is 11.6 Å². The van der Waals surface area contributed by atoms with Crippen LogP contribution in [0.2, 0.25) is 5.02 Å². The second-order valence-corrected chi connectivity index (χ2v) is 6.18. The Morgan fingerprint density at radius 2 is 2.21 bits per heavy atom. The van der Waals surface area contributed by atoms with Crippen molar-refractivity contribution in [3.8, 4) is 0 Å². The molecule has 0 aromatic heterocycles. The summed E-state index contributed by atoms with van der Waals surface area (Å²) in [5.74, 6) is -0.0408. The molecule has 1 aliphatic heterocycles. The van der Waals surface area contributed by atoms with Crippen LogP contribution in [0.3, 0.4) is 0 Å². The number of hydrogen-bond donors (Lipinski definition) is 2. The van der Waals surface area contributed by atoms with Crippen molar-refractivity contribution in [3.63, 3.8) is 0 Å². The van der Waals surface area contributed by atoms with E-state index in [0.717, 1.165) is 36.9 Å². The lowest BCUT2D eigenvalue weighted by atomic mass is 9.78. The Balaban J connectivity index is 2.10. The molecule has 19 heavy (non-hydrogen) atoms. The van der Waals surface area contributed by atoms with E-state index in [1.165, 1.54) is 0 Å². The summed E-state index contributed by atoms with van der Waals surface area (Å²) in [7, 11) is 0. The van der Waals surface area contributed by atoms with Gasteiger partial charge in [-0.2, -0.15) is 0 Å². The van der Waals surface area contributed by atoms with E-state index in [-0.39, 0.29) is 17.9 Å². The lowest BCUT2D eigenvalue weighted by Gasteiger charge is -2.31. The minimum Gasteiger partial charge on any atom is -0.395 e. The molecular weight excluding hydrogens is 262 g/mol. The van der Waals surface area contributed by atoms with Gasteiger partial charge in [-0.3, -0.25) is 4.79 Å². The zero-order valence-electron chi connectivity index (χ0n) is 11.0. The molecule has 2 atom stereocenters. The minimum absolute atomic E-state index is 0.0408. The Morgan fingerprint density at radius 3 is 2.89 bits per heavy atom. The van der Waals surface area contributed by atoms with E-state index in [0.29, 0.717) is 5.02 Å². The first-order chi connectivity index (χ1) is 9.09. The highest BCUT2D eigenvalue weighted by Gasteiger charge is 2.73. The van der Waals surface area contributed by atoms with Gasteiger partial charge in [0.1, 0.15) is 0 Å². The quantitative estimate of drug-likeness (QED) is 0.890. The topological polar surface area (TPSA) is 49.3 Å². The average Bonchev–Trinajstić information content (AvgIpc) is 3.10. The van der Waals surface area contributed by atoms with Gasteiger partial charge in [-0.25, -0.2) is 0 Å². The molecule has 0 radical (unpaired) electrons. The maximum atomic E-state index is 12.3. The lowest BCUT2D eigenvalue weighted by Crippen LogP contribution is -2.39. The van der Waals surface area contributed by atoms with Crippen molar-refractivity contribution < 1.29 is 9.90 Å². The van der Waals surface area contributed by atoms with Crippen LogP contribution in [-0.2, 0) is 10.2 Å². The molecule has 1 aromatic carbocycles. The molecule has 2 unspecified atom stereocenters. The SMILES string of the molecule is CCCCC12CC1(CO)C(=O)Nc1ccc(Cl)cc12. The van der Waals surface area contributed by atoms with Crippen molar-refractivity contribution in [2.45, 2.75) is 38.0 Å². The number of rotatable bonds is 4. The summed E-state index contributed by atoms with van der Waals surface area (Å²) in [6, 6.07) is 5.61. The summed E-state index contributed by atoms with van der Waals surface area (Å²) in [6.07, 6.45) is 3.81. The third-order valence-corrected chi connectivity index (χ3v) is 5.04. The number of fused-ring (bicyclic) bond motifs is 3. The number of aliphatic hydroxyl groups is 1. The van der Waals surface area contributed by atoms with Crippen LogP contribution in [0.15, 0.2) is 18.2 Å². The van der Waals surface area contributed by atoms with Gasteiger partial charge in [-0.1, -0.05) is 31.4 Å². The number of halogens is 1. The number of hydrogen-bond acceptors (Lipinski definition) is 2. The molecule has 2 aliphatic rings. The second kappa shape index (κ2) is 4.22. The Bertz CT molecular complexity index is 545. The Morgan fingerprint density at radius 1 is 1.42 bits per heavy atom. The number of unbranched alkanes of at least 4 members (excludes halogenated alkanes) is 1. The summed E-state index contributed by atoms with van der Waals surface area (Å²) in [5, 5.41) is 13.3. The highest BCUT2D eigenvalue weighted by Crippen LogP contribution is 2.70. The summed E-state index contributed by atoms with van der Waals surface area (Å²) in [4.78, 5) is 12.3. The van der Waals surface area contributed by atoms with Crippen molar-refractivity contribution in [1.29, 1.82) is 0 Å². The van der Waals surface area contributed by atoms with Gasteiger partial charge in [0, 0.05) is 16.1 Å². The summed E-state index contributed by atoms with van der Waals surface area (Å²) < 4.78 is 0. The van der Waals surface area contributed by atoms with Crippen LogP contribution in [0.25, 0.3) is 0 Å². The zero-order valence-corrected chi connectivity index (χ0v) is 11.8. The van der Waals surface area contributed by atoms with Crippen LogP contribution in [0, 0.1) is 5.41 Å². The first kappa shape index (κ1) is 12.9.